The summed E-state index contributed by atoms with van der Waals surface area (Å²) in [6.45, 7) is 7.75. The molecule has 0 atom stereocenters. The van der Waals surface area contributed by atoms with E-state index >= 15 is 0 Å². The van der Waals surface area contributed by atoms with Crippen molar-refractivity contribution in [2.75, 3.05) is 0 Å². The Morgan fingerprint density at radius 2 is 1.86 bits per heavy atom. The zero-order valence-electron chi connectivity index (χ0n) is 12.6. The van der Waals surface area contributed by atoms with Gasteiger partial charge < -0.3 is 9.84 Å². The van der Waals surface area contributed by atoms with Crippen molar-refractivity contribution >= 4 is 11.6 Å². The van der Waals surface area contributed by atoms with E-state index in [4.69, 9.17) is 16.3 Å². The molecule has 0 unspecified atom stereocenters. The normalized spacial score (nSPS) is 11.5. The van der Waals surface area contributed by atoms with Crippen molar-refractivity contribution in [2.24, 2.45) is 0 Å². The molecule has 1 N–H and O–H groups in total. The largest absolute Gasteiger partial charge is 0.438 e. The van der Waals surface area contributed by atoms with E-state index in [1.165, 1.54) is 0 Å². The summed E-state index contributed by atoms with van der Waals surface area (Å²) in [5.74, 6) is 1.60. The van der Waals surface area contributed by atoms with Crippen LogP contribution < -0.4 is 4.74 Å². The second-order valence-corrected chi connectivity index (χ2v) is 6.24. The van der Waals surface area contributed by atoms with Crippen molar-refractivity contribution in [1.29, 1.82) is 0 Å². The summed E-state index contributed by atoms with van der Waals surface area (Å²) in [7, 11) is 0. The summed E-state index contributed by atoms with van der Waals surface area (Å²) in [6, 6.07) is 7.28. The Labute approximate surface area is 129 Å². The highest BCUT2D eigenvalue weighted by Crippen LogP contribution is 2.31. The molecule has 0 spiro atoms. The number of rotatable bonds is 3. The molecule has 0 saturated heterocycles. The highest BCUT2D eigenvalue weighted by molar-refractivity contribution is 6.30. The van der Waals surface area contributed by atoms with E-state index in [2.05, 4.69) is 9.97 Å². The van der Waals surface area contributed by atoms with Gasteiger partial charge in [-0.15, -0.1) is 0 Å². The summed E-state index contributed by atoms with van der Waals surface area (Å²) >= 11 is 6.18. The Bertz CT molecular complexity index is 651. The van der Waals surface area contributed by atoms with Crippen LogP contribution in [-0.4, -0.2) is 15.1 Å². The average Bonchev–Trinajstić information content (AvgIpc) is 2.43. The quantitative estimate of drug-likeness (QED) is 0.870. The third-order valence-corrected chi connectivity index (χ3v) is 3.43. The van der Waals surface area contributed by atoms with E-state index in [0.29, 0.717) is 33.7 Å². The van der Waals surface area contributed by atoms with Crippen molar-refractivity contribution in [3.63, 3.8) is 0 Å². The Morgan fingerprint density at radius 1 is 1.19 bits per heavy atom. The molecule has 0 radical (unpaired) electrons. The van der Waals surface area contributed by atoms with E-state index < -0.39 is 0 Å². The Balaban J connectivity index is 2.46. The minimum absolute atomic E-state index is 0.0971. The summed E-state index contributed by atoms with van der Waals surface area (Å²) in [6.07, 6.45) is 0. The van der Waals surface area contributed by atoms with Gasteiger partial charge in [-0.3, -0.25) is 0 Å². The molecule has 5 heteroatoms. The number of aliphatic hydroxyl groups is 1. The summed E-state index contributed by atoms with van der Waals surface area (Å²) in [5.41, 5.74) is 1.15. The van der Waals surface area contributed by atoms with Gasteiger partial charge in [0.1, 0.15) is 16.7 Å². The molecular formula is C16H19ClN2O2. The number of hydrogen-bond acceptors (Lipinski definition) is 4. The highest BCUT2D eigenvalue weighted by atomic mass is 35.5. The SMILES string of the molecule is Cc1c(Cl)nc(C(C)(C)C)nc1Oc1ccccc1CO. The lowest BCUT2D eigenvalue weighted by Gasteiger charge is -2.19. The smallest absolute Gasteiger partial charge is 0.227 e. The lowest BCUT2D eigenvalue weighted by Crippen LogP contribution is -2.17. The molecule has 1 aromatic carbocycles. The van der Waals surface area contributed by atoms with Crippen LogP contribution in [0.5, 0.6) is 11.6 Å². The molecule has 0 bridgehead atoms. The molecule has 0 saturated carbocycles. The third-order valence-electron chi connectivity index (χ3n) is 3.06. The van der Waals surface area contributed by atoms with Gasteiger partial charge in [0.2, 0.25) is 5.88 Å². The maximum atomic E-state index is 9.37. The molecule has 1 aromatic heterocycles. The van der Waals surface area contributed by atoms with Gasteiger partial charge in [-0.25, -0.2) is 4.98 Å². The van der Waals surface area contributed by atoms with Crippen molar-refractivity contribution < 1.29 is 9.84 Å². The van der Waals surface area contributed by atoms with Crippen LogP contribution in [0.3, 0.4) is 0 Å². The lowest BCUT2D eigenvalue weighted by atomic mass is 9.96. The molecular weight excluding hydrogens is 288 g/mol. The number of para-hydroxylation sites is 1. The molecule has 2 aromatic rings. The molecule has 0 aliphatic carbocycles. The van der Waals surface area contributed by atoms with E-state index in [1.807, 2.05) is 39.8 Å². The van der Waals surface area contributed by atoms with E-state index in [9.17, 15) is 5.11 Å². The summed E-state index contributed by atoms with van der Waals surface area (Å²) in [5, 5.41) is 9.75. The number of benzene rings is 1. The topological polar surface area (TPSA) is 55.2 Å². The first-order chi connectivity index (χ1) is 9.82. The molecule has 0 fully saturated rings. The number of aromatic nitrogens is 2. The molecule has 112 valence electrons. The maximum absolute atomic E-state index is 9.37. The minimum atomic E-state index is -0.230. The van der Waals surface area contributed by atoms with Gasteiger partial charge in [0.15, 0.2) is 0 Å². The average molecular weight is 307 g/mol. The Morgan fingerprint density at radius 3 is 2.48 bits per heavy atom. The molecule has 0 amide bonds. The van der Waals surface area contributed by atoms with Crippen LogP contribution in [0.1, 0.15) is 37.7 Å². The fraction of sp³-hybridized carbons (Fsp3) is 0.375. The van der Waals surface area contributed by atoms with Crippen molar-refractivity contribution in [3.8, 4) is 11.6 Å². The van der Waals surface area contributed by atoms with Crippen LogP contribution in [-0.2, 0) is 12.0 Å². The monoisotopic (exact) mass is 306 g/mol. The van der Waals surface area contributed by atoms with Gasteiger partial charge in [-0.2, -0.15) is 4.98 Å². The molecule has 2 rings (SSSR count). The van der Waals surface area contributed by atoms with Gasteiger partial charge in [0.25, 0.3) is 0 Å². The number of hydrogen-bond donors (Lipinski definition) is 1. The number of halogens is 1. The first-order valence-corrected chi connectivity index (χ1v) is 7.12. The number of ether oxygens (including phenoxy) is 1. The van der Waals surface area contributed by atoms with Crippen LogP contribution in [0.4, 0.5) is 0 Å². The second kappa shape index (κ2) is 6.00. The lowest BCUT2D eigenvalue weighted by molar-refractivity contribution is 0.276. The zero-order chi connectivity index (χ0) is 15.6. The maximum Gasteiger partial charge on any atom is 0.227 e. The molecule has 0 aliphatic rings. The molecule has 1 heterocycles. The summed E-state index contributed by atoms with van der Waals surface area (Å²) in [4.78, 5) is 8.79. The summed E-state index contributed by atoms with van der Waals surface area (Å²) < 4.78 is 5.85. The zero-order valence-corrected chi connectivity index (χ0v) is 13.4. The van der Waals surface area contributed by atoms with E-state index in [-0.39, 0.29) is 12.0 Å². The predicted molar refractivity (Wildman–Crippen MR) is 82.9 cm³/mol. The van der Waals surface area contributed by atoms with Crippen molar-refractivity contribution in [1.82, 2.24) is 9.97 Å². The Kier molecular flexibility index (Phi) is 4.49. The van der Waals surface area contributed by atoms with Crippen molar-refractivity contribution in [2.45, 2.75) is 39.7 Å². The van der Waals surface area contributed by atoms with Gasteiger partial charge in [-0.1, -0.05) is 50.6 Å². The first kappa shape index (κ1) is 15.7. The van der Waals surface area contributed by atoms with Crippen molar-refractivity contribution in [3.05, 3.63) is 46.4 Å². The fourth-order valence-electron chi connectivity index (χ4n) is 1.74. The number of nitrogens with zero attached hydrogens (tertiary/aromatic N) is 2. The van der Waals surface area contributed by atoms with Gasteiger partial charge in [0, 0.05) is 16.5 Å². The molecule has 0 aliphatic heterocycles. The van der Waals surface area contributed by atoms with E-state index in [0.717, 1.165) is 0 Å². The number of aliphatic hydroxyl groups excluding tert-OH is 1. The molecule has 21 heavy (non-hydrogen) atoms. The van der Waals surface area contributed by atoms with Crippen LogP contribution in [0.25, 0.3) is 0 Å². The van der Waals surface area contributed by atoms with Crippen LogP contribution in [0.2, 0.25) is 5.15 Å². The van der Waals surface area contributed by atoms with Gasteiger partial charge >= 0.3 is 0 Å². The standard InChI is InChI=1S/C16H19ClN2O2/c1-10-13(17)18-15(16(2,3)4)19-14(10)21-12-8-6-5-7-11(12)9-20/h5-8,20H,9H2,1-4H3. The van der Waals surface area contributed by atoms with Crippen LogP contribution in [0, 0.1) is 6.92 Å². The Hall–Kier alpha value is -1.65. The molecule has 4 nitrogen and oxygen atoms in total. The van der Waals surface area contributed by atoms with Gasteiger partial charge in [-0.05, 0) is 13.0 Å². The van der Waals surface area contributed by atoms with Gasteiger partial charge in [0.05, 0.1) is 6.61 Å². The second-order valence-electron chi connectivity index (χ2n) is 5.89. The highest BCUT2D eigenvalue weighted by Gasteiger charge is 2.21. The van der Waals surface area contributed by atoms with Crippen LogP contribution >= 0.6 is 11.6 Å². The first-order valence-electron chi connectivity index (χ1n) is 6.74. The van der Waals surface area contributed by atoms with Crippen LogP contribution in [0.15, 0.2) is 24.3 Å². The third kappa shape index (κ3) is 3.52. The fourth-order valence-corrected chi connectivity index (χ4v) is 1.90. The van der Waals surface area contributed by atoms with E-state index in [1.54, 1.807) is 12.1 Å². The predicted octanol–water partition coefficient (Wildman–Crippen LogP) is 4.02. The minimum Gasteiger partial charge on any atom is -0.438 e.